The summed E-state index contributed by atoms with van der Waals surface area (Å²) in [4.78, 5) is 14.9. The minimum atomic E-state index is -0.0581. The predicted molar refractivity (Wildman–Crippen MR) is 99.7 cm³/mol. The number of fused-ring (bicyclic) bond motifs is 1. The number of aromatic nitrogens is 2. The van der Waals surface area contributed by atoms with Gasteiger partial charge in [-0.2, -0.15) is 5.10 Å². The molecule has 0 saturated heterocycles. The van der Waals surface area contributed by atoms with Crippen molar-refractivity contribution in [2.24, 2.45) is 7.05 Å². The van der Waals surface area contributed by atoms with Gasteiger partial charge in [-0.1, -0.05) is 45.0 Å². The first-order valence-electron chi connectivity index (χ1n) is 8.96. The summed E-state index contributed by atoms with van der Waals surface area (Å²) in [6.07, 6.45) is 1.08. The van der Waals surface area contributed by atoms with Crippen LogP contribution in [0.2, 0.25) is 0 Å². The fraction of sp³-hybridized carbons (Fsp3) is 0.500. The van der Waals surface area contributed by atoms with E-state index in [1.807, 2.05) is 13.1 Å². The Morgan fingerprint density at radius 3 is 2.64 bits per heavy atom. The van der Waals surface area contributed by atoms with Crippen molar-refractivity contribution in [3.63, 3.8) is 0 Å². The van der Waals surface area contributed by atoms with E-state index in [2.05, 4.69) is 60.4 Å². The van der Waals surface area contributed by atoms with Crippen LogP contribution in [0.15, 0.2) is 30.3 Å². The molecule has 3 rings (SSSR count). The molecule has 0 fully saturated rings. The average molecular weight is 340 g/mol. The summed E-state index contributed by atoms with van der Waals surface area (Å²) in [5.74, 6) is -0.0529. The minimum Gasteiger partial charge on any atom is -0.349 e. The second-order valence-corrected chi connectivity index (χ2v) is 7.84. The van der Waals surface area contributed by atoms with Crippen LogP contribution in [0.1, 0.15) is 48.1 Å². The number of carbonyl (C=O) groups excluding carboxylic acids is 1. The molecule has 0 spiro atoms. The SMILES string of the molecule is Cn1nc(C(C)(C)C)cc1C(=O)NCCN1CCc2ccccc2C1. The number of nitrogens with zero attached hydrogens (tertiary/aromatic N) is 3. The lowest BCUT2D eigenvalue weighted by Crippen LogP contribution is -2.38. The second kappa shape index (κ2) is 7.00. The summed E-state index contributed by atoms with van der Waals surface area (Å²) >= 11 is 0. The van der Waals surface area contributed by atoms with Gasteiger partial charge >= 0.3 is 0 Å². The van der Waals surface area contributed by atoms with E-state index >= 15 is 0 Å². The Balaban J connectivity index is 1.53. The highest BCUT2D eigenvalue weighted by Crippen LogP contribution is 2.21. The Morgan fingerprint density at radius 1 is 1.24 bits per heavy atom. The molecule has 1 aromatic heterocycles. The molecule has 0 radical (unpaired) electrons. The average Bonchev–Trinajstić information content (AvgIpc) is 2.97. The van der Waals surface area contributed by atoms with Gasteiger partial charge in [-0.05, 0) is 23.6 Å². The smallest absolute Gasteiger partial charge is 0.269 e. The van der Waals surface area contributed by atoms with E-state index in [4.69, 9.17) is 0 Å². The van der Waals surface area contributed by atoms with Crippen LogP contribution in [0.5, 0.6) is 0 Å². The fourth-order valence-corrected chi connectivity index (χ4v) is 3.21. The highest BCUT2D eigenvalue weighted by molar-refractivity contribution is 5.92. The Hall–Kier alpha value is -2.14. The van der Waals surface area contributed by atoms with Crippen LogP contribution in [0.4, 0.5) is 0 Å². The van der Waals surface area contributed by atoms with Crippen LogP contribution in [-0.2, 0) is 25.4 Å². The summed E-state index contributed by atoms with van der Waals surface area (Å²) in [5, 5.41) is 7.51. The molecule has 0 aliphatic carbocycles. The van der Waals surface area contributed by atoms with Gasteiger partial charge in [0.15, 0.2) is 0 Å². The van der Waals surface area contributed by atoms with Gasteiger partial charge < -0.3 is 5.32 Å². The zero-order valence-corrected chi connectivity index (χ0v) is 15.7. The van der Waals surface area contributed by atoms with Crippen LogP contribution >= 0.6 is 0 Å². The molecule has 2 heterocycles. The first kappa shape index (κ1) is 17.7. The summed E-state index contributed by atoms with van der Waals surface area (Å²) in [6.45, 7) is 9.83. The van der Waals surface area contributed by atoms with Crippen LogP contribution in [-0.4, -0.2) is 40.2 Å². The van der Waals surface area contributed by atoms with E-state index in [1.54, 1.807) is 4.68 Å². The van der Waals surface area contributed by atoms with Crippen molar-refractivity contribution in [3.8, 4) is 0 Å². The van der Waals surface area contributed by atoms with E-state index in [1.165, 1.54) is 11.1 Å². The van der Waals surface area contributed by atoms with Crippen molar-refractivity contribution in [3.05, 3.63) is 52.8 Å². The third kappa shape index (κ3) is 4.10. The van der Waals surface area contributed by atoms with Gasteiger partial charge in [0.1, 0.15) is 5.69 Å². The molecule has 0 bridgehead atoms. The lowest BCUT2D eigenvalue weighted by molar-refractivity contribution is 0.0938. The normalized spacial score (nSPS) is 15.0. The molecule has 0 saturated carbocycles. The van der Waals surface area contributed by atoms with E-state index in [0.717, 1.165) is 31.7 Å². The van der Waals surface area contributed by atoms with Crippen molar-refractivity contribution >= 4 is 5.91 Å². The number of carbonyl (C=O) groups is 1. The van der Waals surface area contributed by atoms with Gasteiger partial charge in [0.25, 0.3) is 5.91 Å². The first-order valence-corrected chi connectivity index (χ1v) is 8.96. The number of rotatable bonds is 4. The molecule has 134 valence electrons. The summed E-state index contributed by atoms with van der Waals surface area (Å²) < 4.78 is 1.67. The summed E-state index contributed by atoms with van der Waals surface area (Å²) in [6, 6.07) is 10.5. The van der Waals surface area contributed by atoms with Crippen molar-refractivity contribution in [2.45, 2.75) is 39.2 Å². The molecule has 2 aromatic rings. The predicted octanol–water partition coefficient (Wildman–Crippen LogP) is 2.51. The molecule has 1 amide bonds. The Kier molecular flexibility index (Phi) is 4.95. The fourth-order valence-electron chi connectivity index (χ4n) is 3.21. The van der Waals surface area contributed by atoms with E-state index in [0.29, 0.717) is 12.2 Å². The van der Waals surface area contributed by atoms with Crippen LogP contribution in [0.3, 0.4) is 0 Å². The molecule has 1 aliphatic rings. The topological polar surface area (TPSA) is 50.2 Å². The third-order valence-corrected chi connectivity index (χ3v) is 4.80. The number of aryl methyl sites for hydroxylation is 1. The van der Waals surface area contributed by atoms with Crippen molar-refractivity contribution < 1.29 is 4.79 Å². The molecule has 0 atom stereocenters. The molecular formula is C20H28N4O. The van der Waals surface area contributed by atoms with Crippen LogP contribution in [0.25, 0.3) is 0 Å². The van der Waals surface area contributed by atoms with Crippen molar-refractivity contribution in [1.29, 1.82) is 0 Å². The molecule has 25 heavy (non-hydrogen) atoms. The maximum absolute atomic E-state index is 12.5. The standard InChI is InChI=1S/C20H28N4O/c1-20(2,3)18-13-17(23(4)22-18)19(25)21-10-12-24-11-9-15-7-5-6-8-16(15)14-24/h5-8,13H,9-12,14H2,1-4H3,(H,21,25). The Bertz CT molecular complexity index is 757. The maximum Gasteiger partial charge on any atom is 0.269 e. The molecule has 1 aliphatic heterocycles. The lowest BCUT2D eigenvalue weighted by Gasteiger charge is -2.28. The maximum atomic E-state index is 12.5. The zero-order valence-electron chi connectivity index (χ0n) is 15.7. The van der Waals surface area contributed by atoms with Crippen LogP contribution in [0, 0.1) is 0 Å². The molecule has 0 unspecified atom stereocenters. The van der Waals surface area contributed by atoms with Gasteiger partial charge in [0.05, 0.1) is 5.69 Å². The minimum absolute atomic E-state index is 0.0529. The van der Waals surface area contributed by atoms with E-state index in [9.17, 15) is 4.79 Å². The Labute approximate surface area is 150 Å². The van der Waals surface area contributed by atoms with Crippen molar-refractivity contribution in [2.75, 3.05) is 19.6 Å². The number of hydrogen-bond acceptors (Lipinski definition) is 3. The summed E-state index contributed by atoms with van der Waals surface area (Å²) in [7, 11) is 1.83. The first-order chi connectivity index (χ1) is 11.8. The van der Waals surface area contributed by atoms with E-state index in [-0.39, 0.29) is 11.3 Å². The third-order valence-electron chi connectivity index (χ3n) is 4.80. The monoisotopic (exact) mass is 340 g/mol. The summed E-state index contributed by atoms with van der Waals surface area (Å²) in [5.41, 5.74) is 4.35. The second-order valence-electron chi connectivity index (χ2n) is 7.84. The molecular weight excluding hydrogens is 312 g/mol. The largest absolute Gasteiger partial charge is 0.349 e. The zero-order chi connectivity index (χ0) is 18.0. The number of hydrogen-bond donors (Lipinski definition) is 1. The van der Waals surface area contributed by atoms with E-state index < -0.39 is 0 Å². The van der Waals surface area contributed by atoms with Gasteiger partial charge in [-0.15, -0.1) is 0 Å². The van der Waals surface area contributed by atoms with Crippen LogP contribution < -0.4 is 5.32 Å². The van der Waals surface area contributed by atoms with Crippen molar-refractivity contribution in [1.82, 2.24) is 20.0 Å². The molecule has 1 N–H and O–H groups in total. The number of benzene rings is 1. The van der Waals surface area contributed by atoms with Gasteiger partial charge in [0, 0.05) is 38.6 Å². The molecule has 1 aromatic carbocycles. The van der Waals surface area contributed by atoms with Gasteiger partial charge in [-0.3, -0.25) is 14.4 Å². The Morgan fingerprint density at radius 2 is 1.96 bits per heavy atom. The lowest BCUT2D eigenvalue weighted by atomic mass is 9.92. The molecule has 5 heteroatoms. The van der Waals surface area contributed by atoms with Gasteiger partial charge in [-0.25, -0.2) is 0 Å². The molecule has 5 nitrogen and oxygen atoms in total. The number of nitrogens with one attached hydrogen (secondary N) is 1. The quantitative estimate of drug-likeness (QED) is 0.930. The highest BCUT2D eigenvalue weighted by Gasteiger charge is 2.22. The van der Waals surface area contributed by atoms with Gasteiger partial charge in [0.2, 0.25) is 0 Å². The number of amides is 1. The highest BCUT2D eigenvalue weighted by atomic mass is 16.2.